The third-order valence-corrected chi connectivity index (χ3v) is 5.86. The molecule has 1 fully saturated rings. The summed E-state index contributed by atoms with van der Waals surface area (Å²) in [5, 5.41) is 1.35. The van der Waals surface area contributed by atoms with E-state index < -0.39 is 0 Å². The van der Waals surface area contributed by atoms with Gasteiger partial charge < -0.3 is 10.5 Å². The third-order valence-electron chi connectivity index (χ3n) is 5.65. The van der Waals surface area contributed by atoms with Gasteiger partial charge in [-0.1, -0.05) is 29.8 Å². The zero-order valence-corrected chi connectivity index (χ0v) is 15.7. The summed E-state index contributed by atoms with van der Waals surface area (Å²) in [7, 11) is 0. The lowest BCUT2D eigenvalue weighted by Crippen LogP contribution is -2.25. The van der Waals surface area contributed by atoms with Gasteiger partial charge in [0.05, 0.1) is 17.3 Å². The Balaban J connectivity index is 1.74. The minimum Gasteiger partial charge on any atom is -0.398 e. The molecule has 3 aromatic rings. The molecule has 136 valence electrons. The van der Waals surface area contributed by atoms with Gasteiger partial charge in [0.15, 0.2) is 0 Å². The zero-order chi connectivity index (χ0) is 18.7. The predicted molar refractivity (Wildman–Crippen MR) is 107 cm³/mol. The maximum absolute atomic E-state index is 11.8. The van der Waals surface area contributed by atoms with Crippen LogP contribution in [0.25, 0.3) is 22.0 Å². The van der Waals surface area contributed by atoms with Gasteiger partial charge in [-0.2, -0.15) is 0 Å². The van der Waals surface area contributed by atoms with Crippen LogP contribution in [0.15, 0.2) is 30.3 Å². The maximum Gasteiger partial charge on any atom is 0.141 e. The van der Waals surface area contributed by atoms with E-state index >= 15 is 0 Å². The highest BCUT2D eigenvalue weighted by Crippen LogP contribution is 2.45. The van der Waals surface area contributed by atoms with Crippen molar-refractivity contribution < 1.29 is 4.79 Å². The lowest BCUT2D eigenvalue weighted by molar-refractivity contribution is -0.112. The fraction of sp³-hybridized carbons (Fsp3) is 0.286. The molecule has 5 nitrogen and oxygen atoms in total. The largest absolute Gasteiger partial charge is 0.398 e. The van der Waals surface area contributed by atoms with E-state index in [0.717, 1.165) is 58.1 Å². The summed E-state index contributed by atoms with van der Waals surface area (Å²) < 4.78 is 0. The normalized spacial score (nSPS) is 19.4. The van der Waals surface area contributed by atoms with Crippen LogP contribution in [0.5, 0.6) is 0 Å². The Morgan fingerprint density at radius 2 is 2.00 bits per heavy atom. The molecule has 0 saturated heterocycles. The number of fused-ring (bicyclic) bond motifs is 2. The van der Waals surface area contributed by atoms with Crippen LogP contribution in [0.3, 0.4) is 0 Å². The summed E-state index contributed by atoms with van der Waals surface area (Å²) in [4.78, 5) is 23.4. The zero-order valence-electron chi connectivity index (χ0n) is 14.9. The van der Waals surface area contributed by atoms with E-state index in [0.29, 0.717) is 23.4 Å². The van der Waals surface area contributed by atoms with Gasteiger partial charge in [-0.15, -0.1) is 0 Å². The Hall–Kier alpha value is -2.50. The van der Waals surface area contributed by atoms with E-state index in [1.54, 1.807) is 6.07 Å². The molecule has 1 aromatic carbocycles. The Morgan fingerprint density at radius 3 is 2.70 bits per heavy atom. The molecular weight excluding hydrogens is 360 g/mol. The van der Waals surface area contributed by atoms with Crippen LogP contribution in [0.1, 0.15) is 35.8 Å². The number of para-hydroxylation sites is 1. The highest BCUT2D eigenvalue weighted by molar-refractivity contribution is 6.29. The van der Waals surface area contributed by atoms with Gasteiger partial charge in [0.25, 0.3) is 0 Å². The van der Waals surface area contributed by atoms with Crippen molar-refractivity contribution in [1.82, 2.24) is 14.9 Å². The number of aromatic nitrogens is 2. The smallest absolute Gasteiger partial charge is 0.141 e. The van der Waals surface area contributed by atoms with Crippen LogP contribution in [-0.2, 0) is 11.3 Å². The number of aryl methyl sites for hydroxylation is 1. The highest BCUT2D eigenvalue weighted by atomic mass is 35.5. The molecule has 2 aromatic heterocycles. The minimum absolute atomic E-state index is 0.285. The Kier molecular flexibility index (Phi) is 3.71. The van der Waals surface area contributed by atoms with Crippen LogP contribution in [0, 0.1) is 6.92 Å². The average Bonchev–Trinajstić information content (AvgIpc) is 3.43. The number of nitrogen functional groups attached to an aromatic ring is 1. The van der Waals surface area contributed by atoms with Gasteiger partial charge in [-0.3, -0.25) is 9.88 Å². The van der Waals surface area contributed by atoms with E-state index in [-0.39, 0.29) is 6.04 Å². The number of halogens is 1. The maximum atomic E-state index is 11.8. The monoisotopic (exact) mass is 378 g/mol. The van der Waals surface area contributed by atoms with Crippen molar-refractivity contribution in [3.8, 4) is 11.1 Å². The second-order valence-electron chi connectivity index (χ2n) is 7.34. The van der Waals surface area contributed by atoms with Crippen molar-refractivity contribution in [2.75, 3.05) is 5.73 Å². The van der Waals surface area contributed by atoms with E-state index in [9.17, 15) is 4.79 Å². The number of carbonyl (C=O) groups is 1. The van der Waals surface area contributed by atoms with E-state index in [2.05, 4.69) is 9.88 Å². The van der Waals surface area contributed by atoms with Crippen molar-refractivity contribution in [3.63, 3.8) is 0 Å². The van der Waals surface area contributed by atoms with Gasteiger partial charge in [0.1, 0.15) is 11.4 Å². The summed E-state index contributed by atoms with van der Waals surface area (Å²) in [6.07, 6.45) is 3.28. The number of hydrogen-bond donors (Lipinski definition) is 1. The molecule has 0 spiro atoms. The van der Waals surface area contributed by atoms with Gasteiger partial charge >= 0.3 is 0 Å². The number of anilines is 1. The molecule has 3 heterocycles. The average molecular weight is 379 g/mol. The first kappa shape index (κ1) is 16.7. The van der Waals surface area contributed by atoms with Crippen LogP contribution in [0.2, 0.25) is 5.15 Å². The molecule has 6 heteroatoms. The number of benzene rings is 1. The first-order valence-corrected chi connectivity index (χ1v) is 9.52. The standard InChI is InChI=1S/C21H19ClN4O/c1-11-13(7-8-18(22)24-11)14-3-2-4-15-20(23)19-16(25-21(14)15)9-26(12-5-6-12)17(19)10-27/h2-4,7-8,10,12,17H,5-6,9H2,1H3,(H2,23,25). The van der Waals surface area contributed by atoms with Crippen LogP contribution >= 0.6 is 11.6 Å². The number of hydrogen-bond acceptors (Lipinski definition) is 5. The van der Waals surface area contributed by atoms with E-state index in [1.807, 2.05) is 31.2 Å². The Bertz CT molecular complexity index is 1090. The Labute approximate surface area is 162 Å². The quantitative estimate of drug-likeness (QED) is 0.549. The molecule has 1 saturated carbocycles. The van der Waals surface area contributed by atoms with Gasteiger partial charge in [0.2, 0.25) is 0 Å². The van der Waals surface area contributed by atoms with Gasteiger partial charge in [-0.05, 0) is 31.9 Å². The summed E-state index contributed by atoms with van der Waals surface area (Å²) in [6.45, 7) is 2.61. The second kappa shape index (κ2) is 6.01. The molecule has 2 aliphatic rings. The topological polar surface area (TPSA) is 72.1 Å². The number of nitrogens with two attached hydrogens (primary N) is 1. The van der Waals surface area contributed by atoms with Gasteiger partial charge in [0, 0.05) is 46.0 Å². The first-order chi connectivity index (χ1) is 13.1. The molecular formula is C21H19ClN4O. The minimum atomic E-state index is -0.285. The first-order valence-electron chi connectivity index (χ1n) is 9.14. The number of nitrogens with zero attached hydrogens (tertiary/aromatic N) is 3. The second-order valence-corrected chi connectivity index (χ2v) is 7.73. The number of aldehydes is 1. The van der Waals surface area contributed by atoms with Crippen molar-refractivity contribution in [1.29, 1.82) is 0 Å². The van der Waals surface area contributed by atoms with Crippen molar-refractivity contribution in [3.05, 3.63) is 52.4 Å². The lowest BCUT2D eigenvalue weighted by Gasteiger charge is -2.19. The molecule has 0 radical (unpaired) electrons. The van der Waals surface area contributed by atoms with Crippen LogP contribution in [0.4, 0.5) is 5.69 Å². The summed E-state index contributed by atoms with van der Waals surface area (Å²) >= 11 is 6.02. The molecule has 1 aliphatic heterocycles. The number of pyridine rings is 2. The third kappa shape index (κ3) is 2.53. The molecule has 1 atom stereocenters. The SMILES string of the molecule is Cc1nc(Cl)ccc1-c1cccc2c(N)c3c(nc12)CN(C1CC1)C3C=O. The molecule has 0 amide bonds. The van der Waals surface area contributed by atoms with Gasteiger partial charge in [-0.25, -0.2) is 4.98 Å². The van der Waals surface area contributed by atoms with Crippen molar-refractivity contribution in [2.24, 2.45) is 0 Å². The molecule has 1 unspecified atom stereocenters. The number of rotatable bonds is 3. The Morgan fingerprint density at radius 1 is 1.19 bits per heavy atom. The number of carbonyl (C=O) groups excluding carboxylic acids is 1. The van der Waals surface area contributed by atoms with Crippen molar-refractivity contribution >= 4 is 34.5 Å². The lowest BCUT2D eigenvalue weighted by atomic mass is 9.97. The van der Waals surface area contributed by atoms with Crippen molar-refractivity contribution in [2.45, 2.75) is 38.4 Å². The molecule has 0 bridgehead atoms. The van der Waals surface area contributed by atoms with Crippen LogP contribution in [-0.4, -0.2) is 27.2 Å². The summed E-state index contributed by atoms with van der Waals surface area (Å²) in [5.41, 5.74) is 12.7. The summed E-state index contributed by atoms with van der Waals surface area (Å²) in [6, 6.07) is 9.92. The van der Waals surface area contributed by atoms with E-state index in [1.165, 1.54) is 0 Å². The van der Waals surface area contributed by atoms with E-state index in [4.69, 9.17) is 22.3 Å². The predicted octanol–water partition coefficient (Wildman–Crippen LogP) is 4.06. The summed E-state index contributed by atoms with van der Waals surface area (Å²) in [5.74, 6) is 0. The van der Waals surface area contributed by atoms with Crippen LogP contribution < -0.4 is 5.73 Å². The molecule has 1 aliphatic carbocycles. The fourth-order valence-electron chi connectivity index (χ4n) is 4.21. The fourth-order valence-corrected chi connectivity index (χ4v) is 4.40. The highest BCUT2D eigenvalue weighted by Gasteiger charge is 2.42. The molecule has 5 rings (SSSR count). The molecule has 2 N–H and O–H groups in total. The molecule has 27 heavy (non-hydrogen) atoms.